The van der Waals surface area contributed by atoms with Crippen molar-refractivity contribution in [1.82, 2.24) is 15.2 Å². The predicted molar refractivity (Wildman–Crippen MR) is 96.4 cm³/mol. The van der Waals surface area contributed by atoms with E-state index < -0.39 is 0 Å². The minimum Gasteiger partial charge on any atom is -0.441 e. The van der Waals surface area contributed by atoms with Crippen LogP contribution in [0.2, 0.25) is 0 Å². The number of piperidine rings is 1. The Hall–Kier alpha value is -0.590. The molecule has 22 heavy (non-hydrogen) atoms. The topological polar surface area (TPSA) is 41.3 Å². The number of likely N-dealkylation sites (N-methyl/N-ethyl adjacent to an activating group) is 1. The van der Waals surface area contributed by atoms with Gasteiger partial charge in [-0.25, -0.2) is 4.98 Å². The van der Waals surface area contributed by atoms with Crippen LogP contribution in [0.15, 0.2) is 21.2 Å². The second kappa shape index (κ2) is 8.89. The van der Waals surface area contributed by atoms with Gasteiger partial charge in [0.25, 0.3) is 0 Å². The first kappa shape index (κ1) is 19.5. The van der Waals surface area contributed by atoms with Gasteiger partial charge in [0.05, 0.1) is 5.69 Å². The zero-order valence-corrected chi connectivity index (χ0v) is 15.3. The molecule has 2 aromatic rings. The molecule has 0 spiro atoms. The molecule has 3 heterocycles. The van der Waals surface area contributed by atoms with Crippen molar-refractivity contribution < 1.29 is 4.42 Å². The quantitative estimate of drug-likeness (QED) is 0.898. The number of nitrogens with one attached hydrogen (secondary N) is 1. The molecule has 1 aliphatic heterocycles. The molecular weight excluding hydrogens is 341 g/mol. The first-order chi connectivity index (χ1) is 9.76. The number of oxazole rings is 1. The summed E-state index contributed by atoms with van der Waals surface area (Å²) >= 11 is 1.67. The van der Waals surface area contributed by atoms with Crippen LogP contribution in [0.5, 0.6) is 0 Å². The lowest BCUT2D eigenvalue weighted by Gasteiger charge is -2.31. The van der Waals surface area contributed by atoms with E-state index in [-0.39, 0.29) is 24.8 Å². The molecule has 1 saturated heterocycles. The highest BCUT2D eigenvalue weighted by atomic mass is 35.5. The molecule has 0 aliphatic carbocycles. The van der Waals surface area contributed by atoms with Crippen molar-refractivity contribution in [3.63, 3.8) is 0 Å². The maximum Gasteiger partial charge on any atom is 0.227 e. The lowest BCUT2D eigenvalue weighted by atomic mass is 10.1. The molecule has 1 aliphatic rings. The first-order valence-corrected chi connectivity index (χ1v) is 8.09. The summed E-state index contributed by atoms with van der Waals surface area (Å²) in [4.78, 5) is 7.14. The normalized spacial score (nSPS) is 18.5. The third kappa shape index (κ3) is 4.46. The van der Waals surface area contributed by atoms with E-state index in [4.69, 9.17) is 4.42 Å². The van der Waals surface area contributed by atoms with Gasteiger partial charge in [0, 0.05) is 30.1 Å². The van der Waals surface area contributed by atoms with Crippen molar-refractivity contribution in [1.29, 1.82) is 0 Å². The van der Waals surface area contributed by atoms with Gasteiger partial charge >= 0.3 is 0 Å². The Morgan fingerprint density at radius 1 is 1.45 bits per heavy atom. The Morgan fingerprint density at radius 3 is 2.95 bits per heavy atom. The van der Waals surface area contributed by atoms with Crippen molar-refractivity contribution in [2.45, 2.75) is 32.4 Å². The Labute approximate surface area is 148 Å². The lowest BCUT2D eigenvalue weighted by Crippen LogP contribution is -2.44. The van der Waals surface area contributed by atoms with Gasteiger partial charge in [-0.05, 0) is 44.8 Å². The zero-order valence-electron chi connectivity index (χ0n) is 12.9. The maximum absolute atomic E-state index is 5.81. The summed E-state index contributed by atoms with van der Waals surface area (Å²) in [5.41, 5.74) is 2.15. The molecule has 3 rings (SSSR count). The van der Waals surface area contributed by atoms with Crippen LogP contribution in [0.3, 0.4) is 0 Å². The summed E-state index contributed by atoms with van der Waals surface area (Å²) in [6.45, 7) is 5.14. The summed E-state index contributed by atoms with van der Waals surface area (Å²) in [7, 11) is 2.05. The van der Waals surface area contributed by atoms with E-state index in [0.717, 1.165) is 42.5 Å². The smallest absolute Gasteiger partial charge is 0.227 e. The van der Waals surface area contributed by atoms with Crippen molar-refractivity contribution >= 4 is 36.2 Å². The molecule has 1 N–H and O–H groups in total. The maximum atomic E-state index is 5.81. The van der Waals surface area contributed by atoms with Crippen molar-refractivity contribution in [3.05, 3.63) is 28.3 Å². The predicted octanol–water partition coefficient (Wildman–Crippen LogP) is 3.74. The van der Waals surface area contributed by atoms with Crippen molar-refractivity contribution in [2.24, 2.45) is 0 Å². The average Bonchev–Trinajstić information content (AvgIpc) is 3.10. The van der Waals surface area contributed by atoms with Crippen LogP contribution in [0.4, 0.5) is 0 Å². The van der Waals surface area contributed by atoms with Gasteiger partial charge in [0.2, 0.25) is 5.89 Å². The molecular formula is C15H23Cl2N3OS. The standard InChI is InChI=1S/C15H21N3OS.2ClH/c1-11-14(9-18-6-3-4-13(8-18)16-2)17-15(19-11)12-5-7-20-10-12;;/h5,7,10,13,16H,3-4,6,8-9H2,1-2H3;2*1H. The van der Waals surface area contributed by atoms with Gasteiger partial charge in [-0.1, -0.05) is 0 Å². The second-order valence-electron chi connectivity index (χ2n) is 5.40. The minimum absolute atomic E-state index is 0. The van der Waals surface area contributed by atoms with Gasteiger partial charge in [-0.15, -0.1) is 24.8 Å². The van der Waals surface area contributed by atoms with Crippen LogP contribution in [0.1, 0.15) is 24.3 Å². The minimum atomic E-state index is 0. The lowest BCUT2D eigenvalue weighted by molar-refractivity contribution is 0.185. The fourth-order valence-electron chi connectivity index (χ4n) is 2.73. The van der Waals surface area contributed by atoms with E-state index in [2.05, 4.69) is 32.0 Å². The van der Waals surface area contributed by atoms with Crippen LogP contribution in [0.25, 0.3) is 11.5 Å². The largest absolute Gasteiger partial charge is 0.441 e. The highest BCUT2D eigenvalue weighted by Gasteiger charge is 2.21. The number of hydrogen-bond acceptors (Lipinski definition) is 5. The highest BCUT2D eigenvalue weighted by Crippen LogP contribution is 2.25. The van der Waals surface area contributed by atoms with Crippen molar-refractivity contribution in [2.75, 3.05) is 20.1 Å². The number of hydrogen-bond donors (Lipinski definition) is 1. The number of thiophene rings is 1. The second-order valence-corrected chi connectivity index (χ2v) is 6.18. The molecule has 1 fully saturated rings. The average molecular weight is 364 g/mol. The molecule has 0 amide bonds. The first-order valence-electron chi connectivity index (χ1n) is 7.14. The van der Waals surface area contributed by atoms with Gasteiger partial charge < -0.3 is 9.73 Å². The summed E-state index contributed by atoms with van der Waals surface area (Å²) in [6.07, 6.45) is 2.52. The van der Waals surface area contributed by atoms with Crippen LogP contribution in [-0.4, -0.2) is 36.1 Å². The van der Waals surface area contributed by atoms with Crippen molar-refractivity contribution in [3.8, 4) is 11.5 Å². The molecule has 0 aromatic carbocycles. The van der Waals surface area contributed by atoms with E-state index in [1.54, 1.807) is 11.3 Å². The molecule has 124 valence electrons. The van der Waals surface area contributed by atoms with Crippen LogP contribution in [0, 0.1) is 6.92 Å². The SMILES string of the molecule is CNC1CCCN(Cc2nc(-c3ccsc3)oc2C)C1.Cl.Cl. The zero-order chi connectivity index (χ0) is 13.9. The number of likely N-dealkylation sites (tertiary alicyclic amines) is 1. The third-order valence-electron chi connectivity index (χ3n) is 3.95. The summed E-state index contributed by atoms with van der Waals surface area (Å²) < 4.78 is 5.81. The molecule has 1 atom stereocenters. The van der Waals surface area contributed by atoms with E-state index in [0.29, 0.717) is 6.04 Å². The van der Waals surface area contributed by atoms with Gasteiger partial charge in [0.1, 0.15) is 5.76 Å². The number of rotatable bonds is 4. The van der Waals surface area contributed by atoms with Gasteiger partial charge in [0.15, 0.2) is 0 Å². The summed E-state index contributed by atoms with van der Waals surface area (Å²) in [5.74, 6) is 1.69. The van der Waals surface area contributed by atoms with Crippen LogP contribution in [-0.2, 0) is 6.54 Å². The number of nitrogens with zero attached hydrogens (tertiary/aromatic N) is 2. The molecule has 4 nitrogen and oxygen atoms in total. The molecule has 2 aromatic heterocycles. The number of aromatic nitrogens is 1. The highest BCUT2D eigenvalue weighted by molar-refractivity contribution is 7.08. The molecule has 0 radical (unpaired) electrons. The van der Waals surface area contributed by atoms with Crippen LogP contribution < -0.4 is 5.32 Å². The third-order valence-corrected chi connectivity index (χ3v) is 4.63. The van der Waals surface area contributed by atoms with E-state index in [9.17, 15) is 0 Å². The molecule has 7 heteroatoms. The van der Waals surface area contributed by atoms with E-state index in [1.165, 1.54) is 12.8 Å². The molecule has 0 saturated carbocycles. The monoisotopic (exact) mass is 363 g/mol. The fourth-order valence-corrected chi connectivity index (χ4v) is 3.36. The molecule has 1 unspecified atom stereocenters. The summed E-state index contributed by atoms with van der Waals surface area (Å²) in [6, 6.07) is 2.66. The van der Waals surface area contributed by atoms with E-state index >= 15 is 0 Å². The van der Waals surface area contributed by atoms with Gasteiger partial charge in [-0.2, -0.15) is 11.3 Å². The number of aryl methyl sites for hydroxylation is 1. The Morgan fingerprint density at radius 2 is 2.27 bits per heavy atom. The fraction of sp³-hybridized carbons (Fsp3) is 0.533. The number of halogens is 2. The molecule has 0 bridgehead atoms. The van der Waals surface area contributed by atoms with Crippen LogP contribution >= 0.6 is 36.2 Å². The summed E-state index contributed by atoms with van der Waals surface area (Å²) in [5, 5.41) is 7.51. The Balaban J connectivity index is 0.00000121. The Bertz CT molecular complexity index is 559. The van der Waals surface area contributed by atoms with Gasteiger partial charge in [-0.3, -0.25) is 4.90 Å². The van der Waals surface area contributed by atoms with E-state index in [1.807, 2.05) is 14.0 Å². The Kier molecular flexibility index (Phi) is 7.86.